The molecule has 0 aliphatic rings. The lowest BCUT2D eigenvalue weighted by Crippen LogP contribution is -2.32. The van der Waals surface area contributed by atoms with E-state index in [1.165, 1.54) is 11.1 Å². The molecule has 2 N–H and O–H groups in total. The normalized spacial score (nSPS) is 13.1. The molecule has 100 valence electrons. The Labute approximate surface area is 116 Å². The Morgan fingerprint density at radius 3 is 2.39 bits per heavy atom. The largest absolute Gasteiger partial charge is 0.389 e. The molecule has 3 heteroatoms. The SMILES string of the molecule is Cc1cc(C(N)=S)ccc1CN(C)C(C)C(C)C. The molecule has 1 aromatic carbocycles. The van der Waals surface area contributed by atoms with E-state index < -0.39 is 0 Å². The molecule has 0 aliphatic carbocycles. The molecule has 18 heavy (non-hydrogen) atoms. The zero-order chi connectivity index (χ0) is 13.9. The van der Waals surface area contributed by atoms with Crippen LogP contribution in [-0.4, -0.2) is 23.0 Å². The Kier molecular flexibility index (Phi) is 5.29. The van der Waals surface area contributed by atoms with Gasteiger partial charge in [0, 0.05) is 18.2 Å². The molecule has 0 amide bonds. The van der Waals surface area contributed by atoms with Crippen LogP contribution in [0.2, 0.25) is 0 Å². The van der Waals surface area contributed by atoms with Gasteiger partial charge in [-0.3, -0.25) is 4.90 Å². The average molecular weight is 264 g/mol. The van der Waals surface area contributed by atoms with E-state index in [9.17, 15) is 0 Å². The molecule has 0 saturated carbocycles. The maximum Gasteiger partial charge on any atom is 0.103 e. The van der Waals surface area contributed by atoms with Gasteiger partial charge in [0.05, 0.1) is 0 Å². The van der Waals surface area contributed by atoms with Gasteiger partial charge < -0.3 is 5.73 Å². The van der Waals surface area contributed by atoms with Crippen molar-refractivity contribution in [3.05, 3.63) is 34.9 Å². The topological polar surface area (TPSA) is 29.3 Å². The Hall–Kier alpha value is -0.930. The first-order valence-corrected chi connectivity index (χ1v) is 6.83. The quantitative estimate of drug-likeness (QED) is 0.829. The van der Waals surface area contributed by atoms with Gasteiger partial charge >= 0.3 is 0 Å². The van der Waals surface area contributed by atoms with Crippen molar-refractivity contribution in [1.29, 1.82) is 0 Å². The zero-order valence-electron chi connectivity index (χ0n) is 12.0. The van der Waals surface area contributed by atoms with E-state index in [0.29, 0.717) is 16.9 Å². The summed E-state index contributed by atoms with van der Waals surface area (Å²) in [5.74, 6) is 0.659. The number of rotatable bonds is 5. The van der Waals surface area contributed by atoms with E-state index in [-0.39, 0.29) is 0 Å². The number of hydrogen-bond acceptors (Lipinski definition) is 2. The third-order valence-corrected chi connectivity index (χ3v) is 3.94. The molecule has 1 aromatic rings. The van der Waals surface area contributed by atoms with Crippen molar-refractivity contribution >= 4 is 17.2 Å². The first-order chi connectivity index (χ1) is 8.32. The Morgan fingerprint density at radius 1 is 1.33 bits per heavy atom. The van der Waals surface area contributed by atoms with Crippen LogP contribution in [0.1, 0.15) is 37.5 Å². The van der Waals surface area contributed by atoms with Crippen molar-refractivity contribution in [2.24, 2.45) is 11.7 Å². The van der Waals surface area contributed by atoms with Crippen molar-refractivity contribution in [2.45, 2.75) is 40.3 Å². The van der Waals surface area contributed by atoms with E-state index in [0.717, 1.165) is 12.1 Å². The van der Waals surface area contributed by atoms with Crippen LogP contribution in [-0.2, 0) is 6.54 Å². The standard InChI is InChI=1S/C15H24N2S/c1-10(2)12(4)17(5)9-14-7-6-13(15(16)18)8-11(14)3/h6-8,10,12H,9H2,1-5H3,(H2,16,18). The van der Waals surface area contributed by atoms with Crippen molar-refractivity contribution in [3.63, 3.8) is 0 Å². The van der Waals surface area contributed by atoms with Crippen molar-refractivity contribution in [2.75, 3.05) is 7.05 Å². The van der Waals surface area contributed by atoms with Crippen LogP contribution >= 0.6 is 12.2 Å². The summed E-state index contributed by atoms with van der Waals surface area (Å²) in [5, 5.41) is 0. The van der Waals surface area contributed by atoms with E-state index in [1.54, 1.807) is 0 Å². The average Bonchev–Trinajstić information content (AvgIpc) is 2.30. The molecule has 0 radical (unpaired) electrons. The lowest BCUT2D eigenvalue weighted by molar-refractivity contribution is 0.200. The van der Waals surface area contributed by atoms with Gasteiger partial charge in [-0.25, -0.2) is 0 Å². The lowest BCUT2D eigenvalue weighted by Gasteiger charge is -2.28. The molecule has 0 spiro atoms. The summed E-state index contributed by atoms with van der Waals surface area (Å²) in [6, 6.07) is 6.79. The minimum atomic E-state index is 0.466. The minimum absolute atomic E-state index is 0.466. The van der Waals surface area contributed by atoms with Crippen LogP contribution in [0, 0.1) is 12.8 Å². The summed E-state index contributed by atoms with van der Waals surface area (Å²) in [6.07, 6.45) is 0. The molecule has 2 nitrogen and oxygen atoms in total. The fourth-order valence-corrected chi connectivity index (χ4v) is 2.08. The fourth-order valence-electron chi connectivity index (χ4n) is 1.95. The second-order valence-corrected chi connectivity index (χ2v) is 5.85. The van der Waals surface area contributed by atoms with Gasteiger partial charge in [-0.05, 0) is 44.0 Å². The summed E-state index contributed by atoms with van der Waals surface area (Å²) in [4.78, 5) is 2.85. The van der Waals surface area contributed by atoms with Gasteiger partial charge in [0.25, 0.3) is 0 Å². The Bertz CT molecular complexity index is 427. The molecular weight excluding hydrogens is 240 g/mol. The molecule has 0 heterocycles. The third kappa shape index (κ3) is 3.79. The van der Waals surface area contributed by atoms with E-state index in [4.69, 9.17) is 18.0 Å². The number of aryl methyl sites for hydroxylation is 1. The Morgan fingerprint density at radius 2 is 1.94 bits per heavy atom. The molecule has 0 bridgehead atoms. The van der Waals surface area contributed by atoms with Gasteiger partial charge in [0.2, 0.25) is 0 Å². The highest BCUT2D eigenvalue weighted by Gasteiger charge is 2.14. The molecule has 0 aromatic heterocycles. The second-order valence-electron chi connectivity index (χ2n) is 5.41. The Balaban J connectivity index is 2.83. The predicted molar refractivity (Wildman–Crippen MR) is 82.8 cm³/mol. The molecule has 0 fully saturated rings. The number of benzene rings is 1. The van der Waals surface area contributed by atoms with Crippen molar-refractivity contribution < 1.29 is 0 Å². The smallest absolute Gasteiger partial charge is 0.103 e. The van der Waals surface area contributed by atoms with E-state index in [1.807, 2.05) is 6.07 Å². The summed E-state index contributed by atoms with van der Waals surface area (Å²) in [7, 11) is 2.17. The summed E-state index contributed by atoms with van der Waals surface area (Å²) < 4.78 is 0. The molecule has 1 atom stereocenters. The number of nitrogens with zero attached hydrogens (tertiary/aromatic N) is 1. The van der Waals surface area contributed by atoms with Gasteiger partial charge in [0.1, 0.15) is 4.99 Å². The molecular formula is C15H24N2S. The van der Waals surface area contributed by atoms with E-state index >= 15 is 0 Å². The highest BCUT2D eigenvalue weighted by Crippen LogP contribution is 2.16. The van der Waals surface area contributed by atoms with Crippen LogP contribution in [0.15, 0.2) is 18.2 Å². The molecule has 1 rings (SSSR count). The minimum Gasteiger partial charge on any atom is -0.389 e. The highest BCUT2D eigenvalue weighted by molar-refractivity contribution is 7.80. The van der Waals surface area contributed by atoms with Crippen molar-refractivity contribution in [1.82, 2.24) is 4.90 Å². The molecule has 0 saturated heterocycles. The van der Waals surface area contributed by atoms with Gasteiger partial charge in [-0.1, -0.05) is 38.2 Å². The second kappa shape index (κ2) is 6.30. The summed E-state index contributed by atoms with van der Waals surface area (Å²) in [5.41, 5.74) is 9.18. The summed E-state index contributed by atoms with van der Waals surface area (Å²) >= 11 is 5.00. The molecule has 0 aliphatic heterocycles. The van der Waals surface area contributed by atoms with E-state index in [2.05, 4.69) is 51.8 Å². The first-order valence-electron chi connectivity index (χ1n) is 6.42. The molecule has 1 unspecified atom stereocenters. The highest BCUT2D eigenvalue weighted by atomic mass is 32.1. The van der Waals surface area contributed by atoms with Gasteiger partial charge in [0.15, 0.2) is 0 Å². The lowest BCUT2D eigenvalue weighted by atomic mass is 10.0. The first kappa shape index (κ1) is 15.1. The maximum atomic E-state index is 5.64. The number of thiocarbonyl (C=S) groups is 1. The van der Waals surface area contributed by atoms with Crippen LogP contribution in [0.5, 0.6) is 0 Å². The van der Waals surface area contributed by atoms with Crippen LogP contribution in [0.3, 0.4) is 0 Å². The third-order valence-electron chi connectivity index (χ3n) is 3.71. The monoisotopic (exact) mass is 264 g/mol. The fraction of sp³-hybridized carbons (Fsp3) is 0.533. The van der Waals surface area contributed by atoms with Crippen LogP contribution in [0.25, 0.3) is 0 Å². The summed E-state index contributed by atoms with van der Waals surface area (Å²) in [6.45, 7) is 9.85. The predicted octanol–water partition coefficient (Wildman–Crippen LogP) is 3.11. The van der Waals surface area contributed by atoms with Crippen LogP contribution in [0.4, 0.5) is 0 Å². The number of nitrogens with two attached hydrogens (primary N) is 1. The number of hydrogen-bond donors (Lipinski definition) is 1. The van der Waals surface area contributed by atoms with Crippen LogP contribution < -0.4 is 5.73 Å². The van der Waals surface area contributed by atoms with Crippen molar-refractivity contribution in [3.8, 4) is 0 Å². The van der Waals surface area contributed by atoms with Gasteiger partial charge in [-0.15, -0.1) is 0 Å². The zero-order valence-corrected chi connectivity index (χ0v) is 12.8. The maximum absolute atomic E-state index is 5.64. The van der Waals surface area contributed by atoms with Gasteiger partial charge in [-0.2, -0.15) is 0 Å².